The van der Waals surface area contributed by atoms with Gasteiger partial charge < -0.3 is 15.5 Å². The second kappa shape index (κ2) is 9.23. The first-order valence-electron chi connectivity index (χ1n) is 11.7. The summed E-state index contributed by atoms with van der Waals surface area (Å²) in [6.45, 7) is 3.82. The molecule has 1 fully saturated rings. The van der Waals surface area contributed by atoms with Gasteiger partial charge in [-0.1, -0.05) is 18.2 Å². The Morgan fingerprint density at radius 2 is 1.83 bits per heavy atom. The molecule has 1 aromatic carbocycles. The molecular weight excluding hydrogens is 441 g/mol. The molecule has 5 heterocycles. The Balaban J connectivity index is 1.37. The lowest BCUT2D eigenvalue weighted by atomic mass is 9.94. The fourth-order valence-electron chi connectivity index (χ4n) is 4.53. The Morgan fingerprint density at radius 1 is 0.971 bits per heavy atom. The van der Waals surface area contributed by atoms with E-state index in [4.69, 9.17) is 4.98 Å². The third-order valence-corrected chi connectivity index (χ3v) is 6.34. The van der Waals surface area contributed by atoms with Crippen LogP contribution in [0.2, 0.25) is 0 Å². The largest absolute Gasteiger partial charge is 0.359 e. The lowest BCUT2D eigenvalue weighted by molar-refractivity contribution is 0.585. The second-order valence-electron chi connectivity index (χ2n) is 8.54. The van der Waals surface area contributed by atoms with Crippen molar-refractivity contribution in [3.05, 3.63) is 95.9 Å². The van der Waals surface area contributed by atoms with E-state index in [2.05, 4.69) is 30.5 Å². The Labute approximate surface area is 202 Å². The lowest BCUT2D eigenvalue weighted by Crippen LogP contribution is -2.43. The molecular formula is C27H24FN7. The molecule has 2 N–H and O–H groups in total. The standard InChI is InChI=1S/C27H24FN7/c28-22-6-2-1-4-20(22)23-14-21(19-5-3-9-31-27(19)34-23)25-17-30-16-24(33-25)18-7-8-26(32-15-18)35-12-10-29-11-13-35/h1-9,14-17,27,29,34H,10-13H2. The third kappa shape index (κ3) is 4.24. The van der Waals surface area contributed by atoms with Gasteiger partial charge in [-0.15, -0.1) is 0 Å². The zero-order chi connectivity index (χ0) is 23.6. The minimum absolute atomic E-state index is 0.292. The number of aliphatic imine (C=N–C) groups is 1. The van der Waals surface area contributed by atoms with E-state index < -0.39 is 0 Å². The van der Waals surface area contributed by atoms with E-state index >= 15 is 0 Å². The minimum atomic E-state index is -0.319. The van der Waals surface area contributed by atoms with Crippen LogP contribution in [0.4, 0.5) is 10.2 Å². The summed E-state index contributed by atoms with van der Waals surface area (Å²) >= 11 is 0. The van der Waals surface area contributed by atoms with Crippen molar-refractivity contribution in [2.24, 2.45) is 4.99 Å². The maximum Gasteiger partial charge on any atom is 0.145 e. The number of anilines is 1. The summed E-state index contributed by atoms with van der Waals surface area (Å²) in [5.74, 6) is 0.674. The van der Waals surface area contributed by atoms with Crippen molar-refractivity contribution in [2.75, 3.05) is 31.1 Å². The number of aromatic nitrogens is 3. The van der Waals surface area contributed by atoms with Gasteiger partial charge in [0.25, 0.3) is 0 Å². The van der Waals surface area contributed by atoms with Crippen LogP contribution in [-0.2, 0) is 0 Å². The highest BCUT2D eigenvalue weighted by molar-refractivity contribution is 5.90. The molecule has 0 spiro atoms. The van der Waals surface area contributed by atoms with Crippen LogP contribution >= 0.6 is 0 Å². The molecule has 6 rings (SSSR count). The molecule has 0 aliphatic carbocycles. The Morgan fingerprint density at radius 3 is 2.66 bits per heavy atom. The van der Waals surface area contributed by atoms with E-state index in [0.29, 0.717) is 17.0 Å². The van der Waals surface area contributed by atoms with E-state index in [0.717, 1.165) is 54.4 Å². The summed E-state index contributed by atoms with van der Waals surface area (Å²) in [6, 6.07) is 10.8. The van der Waals surface area contributed by atoms with E-state index in [1.54, 1.807) is 30.7 Å². The number of pyridine rings is 1. The van der Waals surface area contributed by atoms with Crippen LogP contribution in [0.15, 0.2) is 83.8 Å². The number of allylic oxidation sites excluding steroid dienone is 3. The fourth-order valence-corrected chi connectivity index (χ4v) is 4.53. The maximum atomic E-state index is 14.6. The topological polar surface area (TPSA) is 78.3 Å². The molecule has 3 aliphatic heterocycles. The summed E-state index contributed by atoms with van der Waals surface area (Å²) in [4.78, 5) is 20.9. The number of piperazine rings is 1. The molecule has 0 radical (unpaired) electrons. The van der Waals surface area contributed by atoms with E-state index in [9.17, 15) is 4.39 Å². The van der Waals surface area contributed by atoms with Crippen LogP contribution in [0.25, 0.3) is 22.5 Å². The summed E-state index contributed by atoms with van der Waals surface area (Å²) in [5, 5.41) is 6.70. The predicted octanol–water partition coefficient (Wildman–Crippen LogP) is 3.45. The zero-order valence-electron chi connectivity index (χ0n) is 19.0. The van der Waals surface area contributed by atoms with Gasteiger partial charge in [0.05, 0.1) is 23.8 Å². The number of dihydropyridines is 2. The summed E-state index contributed by atoms with van der Waals surface area (Å²) in [5.41, 5.74) is 5.30. The predicted molar refractivity (Wildman–Crippen MR) is 136 cm³/mol. The number of hydrogen-bond donors (Lipinski definition) is 2. The van der Waals surface area contributed by atoms with Gasteiger partial charge in [-0.05, 0) is 36.4 Å². The minimum Gasteiger partial charge on any atom is -0.359 e. The van der Waals surface area contributed by atoms with Crippen molar-refractivity contribution in [2.45, 2.75) is 6.17 Å². The summed E-state index contributed by atoms with van der Waals surface area (Å²) < 4.78 is 14.6. The van der Waals surface area contributed by atoms with Gasteiger partial charge in [0, 0.05) is 66.6 Å². The molecule has 174 valence electrons. The van der Waals surface area contributed by atoms with Gasteiger partial charge >= 0.3 is 0 Å². The number of nitrogens with one attached hydrogen (secondary N) is 2. The molecule has 8 heteroatoms. The molecule has 1 atom stereocenters. The number of rotatable bonds is 4. The number of halogens is 1. The van der Waals surface area contributed by atoms with E-state index in [1.807, 2.05) is 42.6 Å². The van der Waals surface area contributed by atoms with Gasteiger partial charge in [-0.3, -0.25) is 9.98 Å². The quantitative estimate of drug-likeness (QED) is 0.615. The van der Waals surface area contributed by atoms with Gasteiger partial charge in [-0.25, -0.2) is 14.4 Å². The zero-order valence-corrected chi connectivity index (χ0v) is 19.0. The molecule has 2 aromatic heterocycles. The Hall–Kier alpha value is -4.17. The fraction of sp³-hybridized carbons (Fsp3) is 0.185. The van der Waals surface area contributed by atoms with Gasteiger partial charge in [0.15, 0.2) is 0 Å². The van der Waals surface area contributed by atoms with E-state index in [-0.39, 0.29) is 12.0 Å². The van der Waals surface area contributed by atoms with Crippen molar-refractivity contribution in [3.63, 3.8) is 0 Å². The van der Waals surface area contributed by atoms with Gasteiger partial charge in [-0.2, -0.15) is 0 Å². The van der Waals surface area contributed by atoms with Crippen LogP contribution < -0.4 is 15.5 Å². The normalized spacial score (nSPS) is 19.3. The van der Waals surface area contributed by atoms with Gasteiger partial charge in [0.2, 0.25) is 0 Å². The first-order valence-corrected chi connectivity index (χ1v) is 11.7. The number of hydrogen-bond acceptors (Lipinski definition) is 7. The SMILES string of the molecule is Fc1ccccc1C1=CC(c2cncc(-c3ccc(N4CCNCC4)nc3)n2)=C2C=CC=NC2N1. The maximum absolute atomic E-state index is 14.6. The van der Waals surface area contributed by atoms with E-state index in [1.165, 1.54) is 6.07 Å². The third-order valence-electron chi connectivity index (χ3n) is 6.34. The monoisotopic (exact) mass is 465 g/mol. The van der Waals surface area contributed by atoms with Crippen molar-refractivity contribution < 1.29 is 4.39 Å². The van der Waals surface area contributed by atoms with Crippen molar-refractivity contribution in [3.8, 4) is 11.3 Å². The van der Waals surface area contributed by atoms with Gasteiger partial charge in [0.1, 0.15) is 17.8 Å². The smallest absolute Gasteiger partial charge is 0.145 e. The average molecular weight is 466 g/mol. The number of benzene rings is 1. The number of nitrogens with zero attached hydrogens (tertiary/aromatic N) is 5. The molecule has 0 amide bonds. The van der Waals surface area contributed by atoms with Crippen molar-refractivity contribution >= 4 is 23.3 Å². The van der Waals surface area contributed by atoms with Crippen LogP contribution in [0, 0.1) is 5.82 Å². The lowest BCUT2D eigenvalue weighted by Gasteiger charge is -2.28. The van der Waals surface area contributed by atoms with Crippen molar-refractivity contribution in [1.82, 2.24) is 25.6 Å². The first kappa shape index (κ1) is 21.4. The highest BCUT2D eigenvalue weighted by atomic mass is 19.1. The number of fused-ring (bicyclic) bond motifs is 1. The molecule has 7 nitrogen and oxygen atoms in total. The summed E-state index contributed by atoms with van der Waals surface area (Å²) in [7, 11) is 0. The highest BCUT2D eigenvalue weighted by Gasteiger charge is 2.25. The summed E-state index contributed by atoms with van der Waals surface area (Å²) in [6.07, 6.45) is 12.6. The average Bonchev–Trinajstić information content (AvgIpc) is 2.93. The molecule has 3 aromatic rings. The molecule has 35 heavy (non-hydrogen) atoms. The van der Waals surface area contributed by atoms with Crippen LogP contribution in [-0.4, -0.2) is 53.5 Å². The Kier molecular flexibility index (Phi) is 5.64. The van der Waals surface area contributed by atoms with Crippen LogP contribution in [0.5, 0.6) is 0 Å². The Bertz CT molecular complexity index is 1370. The van der Waals surface area contributed by atoms with Crippen LogP contribution in [0.3, 0.4) is 0 Å². The first-order chi connectivity index (χ1) is 17.3. The van der Waals surface area contributed by atoms with Crippen molar-refractivity contribution in [1.29, 1.82) is 0 Å². The molecule has 3 aliphatic rings. The molecule has 1 saturated heterocycles. The highest BCUT2D eigenvalue weighted by Crippen LogP contribution is 2.33. The second-order valence-corrected chi connectivity index (χ2v) is 8.54. The molecule has 1 unspecified atom stereocenters. The molecule has 0 bridgehead atoms. The molecule has 0 saturated carbocycles. The van der Waals surface area contributed by atoms with Crippen LogP contribution in [0.1, 0.15) is 11.3 Å².